The van der Waals surface area contributed by atoms with Crippen molar-refractivity contribution < 1.29 is 14.3 Å². The number of likely N-dealkylation sites (N-methyl/N-ethyl adjacent to an activating group) is 1. The predicted molar refractivity (Wildman–Crippen MR) is 134 cm³/mol. The van der Waals surface area contributed by atoms with Gasteiger partial charge in [0, 0.05) is 36.4 Å². The van der Waals surface area contributed by atoms with Crippen LogP contribution in [-0.4, -0.2) is 54.0 Å². The Morgan fingerprint density at radius 2 is 2.09 bits per heavy atom. The molecule has 8 nitrogen and oxygen atoms in total. The minimum atomic E-state index is -0.0716. The molecule has 6 rings (SSSR count). The van der Waals surface area contributed by atoms with E-state index in [0.717, 1.165) is 70.8 Å². The third-order valence-corrected chi connectivity index (χ3v) is 6.90. The molecule has 1 unspecified atom stereocenters. The Morgan fingerprint density at radius 3 is 2.97 bits per heavy atom. The van der Waals surface area contributed by atoms with Crippen molar-refractivity contribution in [2.45, 2.75) is 25.3 Å². The zero-order valence-electron chi connectivity index (χ0n) is 19.8. The number of ether oxygens (including phenoxy) is 2. The maximum Gasteiger partial charge on any atom is 0.251 e. The molecule has 0 bridgehead atoms. The van der Waals surface area contributed by atoms with E-state index in [1.165, 1.54) is 0 Å². The molecule has 4 aromatic rings. The summed E-state index contributed by atoms with van der Waals surface area (Å²) in [4.78, 5) is 19.6. The van der Waals surface area contributed by atoms with Crippen LogP contribution in [-0.2, 0) is 12.8 Å². The molecular formula is C27H27N5O3. The molecule has 2 aromatic carbocycles. The summed E-state index contributed by atoms with van der Waals surface area (Å²) < 4.78 is 13.1. The van der Waals surface area contributed by atoms with Crippen LogP contribution >= 0.6 is 0 Å². The number of aryl methyl sites for hydroxylation is 1. The number of hydrogen-bond donors (Lipinski definition) is 1. The van der Waals surface area contributed by atoms with E-state index in [9.17, 15) is 4.79 Å². The fourth-order valence-corrected chi connectivity index (χ4v) is 4.96. The van der Waals surface area contributed by atoms with E-state index in [-0.39, 0.29) is 11.9 Å². The number of methoxy groups -OCH3 is 1. The first-order valence-corrected chi connectivity index (χ1v) is 11.9. The third-order valence-electron chi connectivity index (χ3n) is 6.90. The van der Waals surface area contributed by atoms with Crippen LogP contribution in [0.3, 0.4) is 0 Å². The second kappa shape index (κ2) is 8.61. The first-order chi connectivity index (χ1) is 17.1. The van der Waals surface area contributed by atoms with Crippen molar-refractivity contribution in [3.8, 4) is 17.2 Å². The molecule has 8 heteroatoms. The lowest BCUT2D eigenvalue weighted by atomic mass is 9.93. The number of aromatic nitrogens is 3. The van der Waals surface area contributed by atoms with E-state index in [4.69, 9.17) is 14.6 Å². The number of carbonyl (C=O) groups excluding carboxylic acids is 1. The van der Waals surface area contributed by atoms with Gasteiger partial charge in [0.05, 0.1) is 36.2 Å². The van der Waals surface area contributed by atoms with Crippen LogP contribution in [0.2, 0.25) is 0 Å². The van der Waals surface area contributed by atoms with Gasteiger partial charge in [-0.05, 0) is 67.3 Å². The lowest BCUT2D eigenvalue weighted by molar-refractivity contribution is 0.0933. The van der Waals surface area contributed by atoms with Crippen LogP contribution in [0.1, 0.15) is 28.0 Å². The summed E-state index contributed by atoms with van der Waals surface area (Å²) in [6.45, 7) is 1.48. The smallest absolute Gasteiger partial charge is 0.251 e. The number of nitrogens with zero attached hydrogens (tertiary/aromatic N) is 4. The SMILES string of the molecule is COc1ccc2nccc(-n3cc4c(n3)CCC(NC(=O)c3ccc5c(c3)OCCN5C)C4)c2c1. The van der Waals surface area contributed by atoms with Gasteiger partial charge in [-0.25, -0.2) is 4.68 Å². The van der Waals surface area contributed by atoms with Crippen LogP contribution < -0.4 is 19.7 Å². The van der Waals surface area contributed by atoms with E-state index in [1.54, 1.807) is 13.3 Å². The van der Waals surface area contributed by atoms with Gasteiger partial charge in [-0.15, -0.1) is 0 Å². The summed E-state index contributed by atoms with van der Waals surface area (Å²) in [6, 6.07) is 13.5. The standard InChI is InChI=1S/C27H27N5O3/c1-31-11-12-35-26-14-17(3-8-25(26)31)27(33)29-19-4-6-22-18(13-19)16-32(30-22)24-9-10-28-23-7-5-20(34-2)15-21(23)24/h3,5,7-10,14-16,19H,4,6,11-13H2,1-2H3,(H,29,33). The average Bonchev–Trinajstić information content (AvgIpc) is 3.31. The van der Waals surface area contributed by atoms with E-state index in [2.05, 4.69) is 21.4 Å². The number of pyridine rings is 1. The van der Waals surface area contributed by atoms with Crippen molar-refractivity contribution in [1.29, 1.82) is 0 Å². The topological polar surface area (TPSA) is 81.5 Å². The van der Waals surface area contributed by atoms with Gasteiger partial charge in [0.25, 0.3) is 5.91 Å². The van der Waals surface area contributed by atoms with Gasteiger partial charge in [0.2, 0.25) is 0 Å². The summed E-state index contributed by atoms with van der Waals surface area (Å²) in [5, 5.41) is 9.07. The Morgan fingerprint density at radius 1 is 1.17 bits per heavy atom. The van der Waals surface area contributed by atoms with Gasteiger partial charge >= 0.3 is 0 Å². The highest BCUT2D eigenvalue weighted by Gasteiger charge is 2.25. The van der Waals surface area contributed by atoms with Crippen molar-refractivity contribution in [3.05, 3.63) is 71.7 Å². The molecule has 0 saturated carbocycles. The van der Waals surface area contributed by atoms with E-state index in [0.29, 0.717) is 12.2 Å². The Labute approximate surface area is 203 Å². The molecule has 0 radical (unpaired) electrons. The maximum absolute atomic E-state index is 13.0. The van der Waals surface area contributed by atoms with Crippen molar-refractivity contribution in [3.63, 3.8) is 0 Å². The molecule has 1 amide bonds. The Hall–Kier alpha value is -4.07. The highest BCUT2D eigenvalue weighted by molar-refractivity contribution is 5.95. The number of rotatable bonds is 4. The van der Waals surface area contributed by atoms with Crippen LogP contribution in [0, 0.1) is 0 Å². The minimum Gasteiger partial charge on any atom is -0.497 e. The Kier molecular flexibility index (Phi) is 5.28. The van der Waals surface area contributed by atoms with Gasteiger partial charge in [0.1, 0.15) is 18.1 Å². The quantitative estimate of drug-likeness (QED) is 0.492. The maximum atomic E-state index is 13.0. The van der Waals surface area contributed by atoms with Crippen LogP contribution in [0.25, 0.3) is 16.6 Å². The van der Waals surface area contributed by atoms with E-state index >= 15 is 0 Å². The monoisotopic (exact) mass is 469 g/mol. The molecular weight excluding hydrogens is 442 g/mol. The first-order valence-electron chi connectivity index (χ1n) is 11.9. The molecule has 0 saturated heterocycles. The molecule has 1 atom stereocenters. The molecule has 178 valence electrons. The molecule has 2 aromatic heterocycles. The number of anilines is 1. The van der Waals surface area contributed by atoms with Gasteiger partial charge in [0.15, 0.2) is 0 Å². The average molecular weight is 470 g/mol. The summed E-state index contributed by atoms with van der Waals surface area (Å²) in [7, 11) is 3.69. The molecule has 0 fully saturated rings. The number of nitrogens with one attached hydrogen (secondary N) is 1. The molecule has 1 aliphatic heterocycles. The highest BCUT2D eigenvalue weighted by Crippen LogP contribution is 2.32. The van der Waals surface area contributed by atoms with Crippen LogP contribution in [0.15, 0.2) is 54.9 Å². The molecule has 2 aliphatic rings. The molecule has 1 N–H and O–H groups in total. The van der Waals surface area contributed by atoms with Crippen molar-refractivity contribution in [2.75, 3.05) is 32.2 Å². The molecule has 35 heavy (non-hydrogen) atoms. The fourth-order valence-electron chi connectivity index (χ4n) is 4.96. The Balaban J connectivity index is 1.21. The summed E-state index contributed by atoms with van der Waals surface area (Å²) in [6.07, 6.45) is 6.29. The van der Waals surface area contributed by atoms with E-state index in [1.807, 2.05) is 54.2 Å². The zero-order chi connectivity index (χ0) is 23.9. The lowest BCUT2D eigenvalue weighted by Gasteiger charge is -2.28. The number of benzene rings is 2. The van der Waals surface area contributed by atoms with Gasteiger partial charge < -0.3 is 19.7 Å². The second-order valence-electron chi connectivity index (χ2n) is 9.12. The molecule has 0 spiro atoms. The van der Waals surface area contributed by atoms with E-state index < -0.39 is 0 Å². The fraction of sp³-hybridized carbons (Fsp3) is 0.296. The van der Waals surface area contributed by atoms with Crippen LogP contribution in [0.4, 0.5) is 5.69 Å². The second-order valence-corrected chi connectivity index (χ2v) is 9.12. The minimum absolute atomic E-state index is 0.0570. The Bertz CT molecular complexity index is 1430. The van der Waals surface area contributed by atoms with Crippen molar-refractivity contribution in [1.82, 2.24) is 20.1 Å². The van der Waals surface area contributed by atoms with Crippen molar-refractivity contribution >= 4 is 22.5 Å². The summed E-state index contributed by atoms with van der Waals surface area (Å²) >= 11 is 0. The van der Waals surface area contributed by atoms with Crippen molar-refractivity contribution in [2.24, 2.45) is 0 Å². The predicted octanol–water partition coefficient (Wildman–Crippen LogP) is 3.55. The third kappa shape index (κ3) is 3.95. The molecule has 1 aliphatic carbocycles. The number of hydrogen-bond acceptors (Lipinski definition) is 6. The van der Waals surface area contributed by atoms with Gasteiger partial charge in [-0.3, -0.25) is 9.78 Å². The highest BCUT2D eigenvalue weighted by atomic mass is 16.5. The van der Waals surface area contributed by atoms with Crippen LogP contribution in [0.5, 0.6) is 11.5 Å². The number of amides is 1. The summed E-state index contributed by atoms with van der Waals surface area (Å²) in [5.74, 6) is 1.48. The van der Waals surface area contributed by atoms with Gasteiger partial charge in [-0.2, -0.15) is 5.10 Å². The lowest BCUT2D eigenvalue weighted by Crippen LogP contribution is -2.38. The number of carbonyl (C=O) groups is 1. The first kappa shape index (κ1) is 21.5. The molecule has 3 heterocycles. The van der Waals surface area contributed by atoms with Gasteiger partial charge in [-0.1, -0.05) is 0 Å². The number of fused-ring (bicyclic) bond motifs is 3. The normalized spacial score (nSPS) is 16.9. The largest absolute Gasteiger partial charge is 0.497 e. The zero-order valence-corrected chi connectivity index (χ0v) is 19.8. The summed E-state index contributed by atoms with van der Waals surface area (Å²) in [5.41, 5.74) is 5.73.